The van der Waals surface area contributed by atoms with Crippen LogP contribution in [0.1, 0.15) is 50.7 Å². The molecule has 0 spiro atoms. The van der Waals surface area contributed by atoms with Gasteiger partial charge in [0.1, 0.15) is 11.5 Å². The van der Waals surface area contributed by atoms with E-state index in [0.29, 0.717) is 23.3 Å². The van der Waals surface area contributed by atoms with Gasteiger partial charge in [-0.3, -0.25) is 0 Å². The van der Waals surface area contributed by atoms with E-state index in [1.807, 2.05) is 24.3 Å². The summed E-state index contributed by atoms with van der Waals surface area (Å²) in [7, 11) is -4.03. The topological polar surface area (TPSA) is 84.3 Å². The van der Waals surface area contributed by atoms with Crippen molar-refractivity contribution in [1.29, 1.82) is 0 Å². The van der Waals surface area contributed by atoms with Crippen molar-refractivity contribution in [2.24, 2.45) is 4.88 Å². The van der Waals surface area contributed by atoms with Crippen molar-refractivity contribution < 1.29 is 13.6 Å². The van der Waals surface area contributed by atoms with Gasteiger partial charge in [-0.05, 0) is 52.8 Å². The molecule has 25 heavy (non-hydrogen) atoms. The molecule has 0 saturated heterocycles. The molecule has 0 heterocycles. The minimum atomic E-state index is -4.03. The molecule has 0 aromatic heterocycles. The maximum atomic E-state index is 12.7. The molecular weight excluding hydrogens is 337 g/mol. The molecular formula is C18H22N3O3P. The third kappa shape index (κ3) is 5.28. The minimum absolute atomic E-state index is 0.318. The molecule has 6 nitrogen and oxygen atoms in total. The van der Waals surface area contributed by atoms with Gasteiger partial charge in [-0.2, -0.15) is 0 Å². The maximum absolute atomic E-state index is 12.7. The van der Waals surface area contributed by atoms with Gasteiger partial charge in [-0.1, -0.05) is 52.0 Å². The monoisotopic (exact) mass is 359 g/mol. The van der Waals surface area contributed by atoms with Crippen LogP contribution in [0.15, 0.2) is 53.4 Å². The van der Waals surface area contributed by atoms with Crippen LogP contribution in [0.5, 0.6) is 11.5 Å². The summed E-state index contributed by atoms with van der Waals surface area (Å²) in [5.41, 5.74) is 11.0. The first-order valence-electron chi connectivity index (χ1n) is 8.09. The summed E-state index contributed by atoms with van der Waals surface area (Å²) < 4.78 is 23.5. The molecule has 7 heteroatoms. The molecule has 2 aromatic carbocycles. The zero-order chi connectivity index (χ0) is 18.4. The zero-order valence-corrected chi connectivity index (χ0v) is 15.7. The molecule has 2 rings (SSSR count). The third-order valence-corrected chi connectivity index (χ3v) is 4.87. The van der Waals surface area contributed by atoms with Gasteiger partial charge in [0, 0.05) is 9.80 Å². The van der Waals surface area contributed by atoms with Crippen LogP contribution in [0.25, 0.3) is 10.4 Å². The van der Waals surface area contributed by atoms with Crippen LogP contribution in [0, 0.1) is 0 Å². The van der Waals surface area contributed by atoms with E-state index >= 15 is 0 Å². The van der Waals surface area contributed by atoms with E-state index in [-0.39, 0.29) is 0 Å². The van der Waals surface area contributed by atoms with Crippen molar-refractivity contribution in [1.82, 2.24) is 0 Å². The largest absolute Gasteiger partial charge is 0.525 e. The SMILES string of the molecule is CC(C)c1ccc(OP(=O)(N=[N+]=[N-])Oc2ccc(C(C)C)cc2)cc1. The average Bonchev–Trinajstić information content (AvgIpc) is 2.55. The minimum Gasteiger partial charge on any atom is -0.411 e. The number of benzene rings is 2. The molecule has 2 aromatic rings. The zero-order valence-electron chi connectivity index (χ0n) is 14.8. The van der Waals surface area contributed by atoms with Crippen molar-refractivity contribution in [3.05, 3.63) is 70.1 Å². The quantitative estimate of drug-likeness (QED) is 0.235. The van der Waals surface area contributed by atoms with Crippen molar-refractivity contribution in [3.63, 3.8) is 0 Å². The molecule has 0 bridgehead atoms. The van der Waals surface area contributed by atoms with E-state index in [9.17, 15) is 4.57 Å². The molecule has 132 valence electrons. The van der Waals surface area contributed by atoms with E-state index < -0.39 is 7.75 Å². The molecule has 0 unspecified atom stereocenters. The van der Waals surface area contributed by atoms with Crippen LogP contribution in [0.4, 0.5) is 0 Å². The highest BCUT2D eigenvalue weighted by Gasteiger charge is 2.27. The molecule has 0 radical (unpaired) electrons. The molecule has 0 fully saturated rings. The van der Waals surface area contributed by atoms with Crippen LogP contribution >= 0.6 is 7.75 Å². The summed E-state index contributed by atoms with van der Waals surface area (Å²) >= 11 is 0. The summed E-state index contributed by atoms with van der Waals surface area (Å²) in [4.78, 5) is 5.86. The first kappa shape index (κ1) is 18.9. The van der Waals surface area contributed by atoms with Gasteiger partial charge >= 0.3 is 7.75 Å². The van der Waals surface area contributed by atoms with E-state index in [0.717, 1.165) is 11.1 Å². The van der Waals surface area contributed by atoms with E-state index in [2.05, 4.69) is 37.5 Å². The van der Waals surface area contributed by atoms with Crippen LogP contribution in [-0.2, 0) is 4.57 Å². The van der Waals surface area contributed by atoms with Gasteiger partial charge in [-0.15, -0.1) is 0 Å². The second-order valence-corrected chi connectivity index (χ2v) is 7.76. The molecule has 0 N–H and O–H groups in total. The first-order valence-corrected chi connectivity index (χ1v) is 9.58. The lowest BCUT2D eigenvalue weighted by Gasteiger charge is -2.16. The predicted octanol–water partition coefficient (Wildman–Crippen LogP) is 6.81. The fourth-order valence-electron chi connectivity index (χ4n) is 2.20. The second-order valence-electron chi connectivity index (χ2n) is 6.28. The highest BCUT2D eigenvalue weighted by atomic mass is 31.2. The Balaban J connectivity index is 2.19. The number of hydrogen-bond donors (Lipinski definition) is 0. The smallest absolute Gasteiger partial charge is 0.411 e. The first-order chi connectivity index (χ1) is 11.8. The Kier molecular flexibility index (Phi) is 6.13. The van der Waals surface area contributed by atoms with E-state index in [1.54, 1.807) is 24.3 Å². The van der Waals surface area contributed by atoms with Crippen molar-refractivity contribution in [2.45, 2.75) is 39.5 Å². The summed E-state index contributed by atoms with van der Waals surface area (Å²) in [5, 5.41) is 0. The third-order valence-electron chi connectivity index (χ3n) is 3.68. The van der Waals surface area contributed by atoms with Crippen LogP contribution < -0.4 is 9.05 Å². The number of azide groups is 1. The van der Waals surface area contributed by atoms with E-state index in [4.69, 9.17) is 14.6 Å². The molecule has 0 aliphatic carbocycles. The lowest BCUT2D eigenvalue weighted by atomic mass is 10.0. The molecule has 0 aliphatic heterocycles. The summed E-state index contributed by atoms with van der Waals surface area (Å²) in [6, 6.07) is 14.2. The molecule has 0 atom stereocenters. The Labute approximate surface area is 148 Å². The Morgan fingerprint density at radius 1 is 0.840 bits per heavy atom. The Bertz CT molecular complexity index is 738. The Morgan fingerprint density at radius 2 is 1.20 bits per heavy atom. The fraction of sp³-hybridized carbons (Fsp3) is 0.333. The van der Waals surface area contributed by atoms with Gasteiger partial charge in [0.2, 0.25) is 0 Å². The van der Waals surface area contributed by atoms with Gasteiger partial charge < -0.3 is 9.05 Å². The van der Waals surface area contributed by atoms with E-state index in [1.165, 1.54) is 0 Å². The Morgan fingerprint density at radius 3 is 1.48 bits per heavy atom. The molecule has 0 saturated carbocycles. The van der Waals surface area contributed by atoms with Gasteiger partial charge in [0.05, 0.1) is 0 Å². The van der Waals surface area contributed by atoms with Crippen molar-refractivity contribution >= 4 is 7.75 Å². The normalized spacial score (nSPS) is 11.3. The second kappa shape index (κ2) is 8.11. The predicted molar refractivity (Wildman–Crippen MR) is 99.1 cm³/mol. The highest BCUT2D eigenvalue weighted by molar-refractivity contribution is 7.53. The average molecular weight is 359 g/mol. The number of hydrogen-bond acceptors (Lipinski definition) is 3. The summed E-state index contributed by atoms with van der Waals surface area (Å²) in [6.07, 6.45) is 0. The lowest BCUT2D eigenvalue weighted by molar-refractivity contribution is 0.387. The molecule has 0 amide bonds. The van der Waals surface area contributed by atoms with Gasteiger partial charge in [0.25, 0.3) is 0 Å². The Hall–Kier alpha value is -2.42. The number of rotatable bonds is 7. The lowest BCUT2D eigenvalue weighted by Crippen LogP contribution is -1.99. The van der Waals surface area contributed by atoms with Gasteiger partial charge in [-0.25, -0.2) is 4.57 Å². The van der Waals surface area contributed by atoms with Crippen LogP contribution in [-0.4, -0.2) is 0 Å². The fourth-order valence-corrected chi connectivity index (χ4v) is 3.18. The molecule has 0 aliphatic rings. The van der Waals surface area contributed by atoms with Gasteiger partial charge in [0.15, 0.2) is 0 Å². The van der Waals surface area contributed by atoms with Crippen molar-refractivity contribution in [2.75, 3.05) is 0 Å². The summed E-state index contributed by atoms with van der Waals surface area (Å²) in [5.74, 6) is 1.38. The van der Waals surface area contributed by atoms with Crippen LogP contribution in [0.2, 0.25) is 0 Å². The summed E-state index contributed by atoms with van der Waals surface area (Å²) in [6.45, 7) is 8.30. The standard InChI is InChI=1S/C18H22N3O3P/c1-13(2)15-5-9-17(10-6-15)23-25(22,21-20-19)24-18-11-7-16(8-12-18)14(3)4/h5-14H,1-4H3. The number of nitrogens with zero attached hydrogens (tertiary/aromatic N) is 3. The maximum Gasteiger partial charge on any atom is 0.525 e. The van der Waals surface area contributed by atoms with Crippen molar-refractivity contribution in [3.8, 4) is 11.5 Å². The van der Waals surface area contributed by atoms with Crippen LogP contribution in [0.3, 0.4) is 0 Å². The highest BCUT2D eigenvalue weighted by Crippen LogP contribution is 2.50.